The van der Waals surface area contributed by atoms with Gasteiger partial charge in [-0.05, 0) is 68.7 Å². The van der Waals surface area contributed by atoms with E-state index in [-0.39, 0.29) is 12.0 Å². The predicted molar refractivity (Wildman–Crippen MR) is 129 cm³/mol. The summed E-state index contributed by atoms with van der Waals surface area (Å²) >= 11 is 0. The monoisotopic (exact) mass is 464 g/mol. The standard InChI is InChI=1S/C26H29FN4O3/c1-17(2)34-22-12-8-18(15-23(22)33-3)9-13-25(32)28-19-10-11-21(27)20(16-19)26-30-29-24-7-5-4-6-14-31(24)26/h8-13,15-17H,4-7,14H2,1-3H3,(H,28,32)/b13-9+. The molecule has 0 spiro atoms. The zero-order chi connectivity index (χ0) is 24.1. The van der Waals surface area contributed by atoms with Crippen LogP contribution in [0.1, 0.15) is 44.5 Å². The SMILES string of the molecule is COc1cc(/C=C/C(=O)Nc2ccc(F)c(-c3nnc4n3CCCCC4)c2)ccc1OC(C)C. The largest absolute Gasteiger partial charge is 0.493 e. The van der Waals surface area contributed by atoms with E-state index in [2.05, 4.69) is 15.5 Å². The molecule has 8 heteroatoms. The number of benzene rings is 2. The van der Waals surface area contributed by atoms with Crippen molar-refractivity contribution >= 4 is 17.7 Å². The lowest BCUT2D eigenvalue weighted by Gasteiger charge is -2.13. The molecule has 0 unspecified atom stereocenters. The third-order valence-electron chi connectivity index (χ3n) is 5.56. The molecule has 4 rings (SSSR count). The van der Waals surface area contributed by atoms with E-state index in [0.29, 0.717) is 28.6 Å². The van der Waals surface area contributed by atoms with Crippen LogP contribution in [-0.2, 0) is 17.8 Å². The maximum absolute atomic E-state index is 14.7. The molecule has 3 aromatic rings. The molecule has 0 aliphatic carbocycles. The molecule has 1 aliphatic heterocycles. The predicted octanol–water partition coefficient (Wildman–Crippen LogP) is 5.26. The first-order valence-electron chi connectivity index (χ1n) is 11.5. The zero-order valence-electron chi connectivity index (χ0n) is 19.7. The fourth-order valence-electron chi connectivity index (χ4n) is 3.95. The highest BCUT2D eigenvalue weighted by Crippen LogP contribution is 2.30. The number of methoxy groups -OCH3 is 1. The summed E-state index contributed by atoms with van der Waals surface area (Å²) in [5, 5.41) is 11.3. The van der Waals surface area contributed by atoms with Crippen molar-refractivity contribution in [1.82, 2.24) is 14.8 Å². The topological polar surface area (TPSA) is 78.3 Å². The van der Waals surface area contributed by atoms with Crippen LogP contribution in [0.25, 0.3) is 17.5 Å². The number of anilines is 1. The summed E-state index contributed by atoms with van der Waals surface area (Å²) in [6.07, 6.45) is 7.15. The number of nitrogens with zero attached hydrogens (tertiary/aromatic N) is 3. The Bertz CT molecular complexity index is 1200. The Morgan fingerprint density at radius 3 is 2.76 bits per heavy atom. The lowest BCUT2D eigenvalue weighted by Crippen LogP contribution is -2.09. The van der Waals surface area contributed by atoms with E-state index < -0.39 is 5.82 Å². The number of hydrogen-bond donors (Lipinski definition) is 1. The number of fused-ring (bicyclic) bond motifs is 1. The third kappa shape index (κ3) is 5.44. The fourth-order valence-corrected chi connectivity index (χ4v) is 3.95. The van der Waals surface area contributed by atoms with E-state index >= 15 is 0 Å². The number of aromatic nitrogens is 3. The number of halogens is 1. The van der Waals surface area contributed by atoms with Crippen molar-refractivity contribution in [2.45, 2.75) is 52.2 Å². The molecule has 1 aliphatic rings. The number of amides is 1. The smallest absolute Gasteiger partial charge is 0.248 e. The van der Waals surface area contributed by atoms with Crippen molar-refractivity contribution < 1.29 is 18.7 Å². The Kier molecular flexibility index (Phi) is 7.25. The fraction of sp³-hybridized carbons (Fsp3) is 0.346. The maximum Gasteiger partial charge on any atom is 0.248 e. The van der Waals surface area contributed by atoms with Gasteiger partial charge in [-0.1, -0.05) is 12.5 Å². The molecule has 2 aromatic carbocycles. The summed E-state index contributed by atoms with van der Waals surface area (Å²) in [7, 11) is 1.57. The quantitative estimate of drug-likeness (QED) is 0.483. The number of nitrogens with one attached hydrogen (secondary N) is 1. The van der Waals surface area contributed by atoms with Crippen LogP contribution in [-0.4, -0.2) is 33.9 Å². The van der Waals surface area contributed by atoms with Gasteiger partial charge in [-0.2, -0.15) is 0 Å². The summed E-state index contributed by atoms with van der Waals surface area (Å²) in [4.78, 5) is 12.5. The van der Waals surface area contributed by atoms with Crippen LogP contribution in [0.5, 0.6) is 11.5 Å². The summed E-state index contributed by atoms with van der Waals surface area (Å²) in [5.41, 5.74) is 1.59. The normalized spacial score (nSPS) is 13.6. The van der Waals surface area contributed by atoms with Crippen LogP contribution in [0.2, 0.25) is 0 Å². The van der Waals surface area contributed by atoms with Gasteiger partial charge >= 0.3 is 0 Å². The highest BCUT2D eigenvalue weighted by atomic mass is 19.1. The van der Waals surface area contributed by atoms with Crippen LogP contribution >= 0.6 is 0 Å². The molecular formula is C26H29FN4O3. The van der Waals surface area contributed by atoms with Crippen molar-refractivity contribution in [3.8, 4) is 22.9 Å². The van der Waals surface area contributed by atoms with E-state index in [4.69, 9.17) is 9.47 Å². The minimum Gasteiger partial charge on any atom is -0.493 e. The molecule has 2 heterocycles. The van der Waals surface area contributed by atoms with Crippen molar-refractivity contribution in [3.05, 3.63) is 59.7 Å². The van der Waals surface area contributed by atoms with E-state index in [0.717, 1.165) is 43.6 Å². The molecule has 178 valence electrons. The van der Waals surface area contributed by atoms with Gasteiger partial charge < -0.3 is 19.4 Å². The first-order valence-corrected chi connectivity index (χ1v) is 11.5. The highest BCUT2D eigenvalue weighted by Gasteiger charge is 2.19. The van der Waals surface area contributed by atoms with Gasteiger partial charge in [0.2, 0.25) is 5.91 Å². The van der Waals surface area contributed by atoms with Crippen molar-refractivity contribution in [2.24, 2.45) is 0 Å². The van der Waals surface area contributed by atoms with E-state index in [1.807, 2.05) is 30.5 Å². The Morgan fingerprint density at radius 2 is 1.97 bits per heavy atom. The van der Waals surface area contributed by atoms with Gasteiger partial charge in [-0.25, -0.2) is 4.39 Å². The second kappa shape index (κ2) is 10.5. The van der Waals surface area contributed by atoms with Gasteiger partial charge in [0, 0.05) is 24.7 Å². The molecule has 1 N–H and O–H groups in total. The molecule has 0 bridgehead atoms. The van der Waals surface area contributed by atoms with Gasteiger partial charge in [-0.3, -0.25) is 4.79 Å². The van der Waals surface area contributed by atoms with Crippen molar-refractivity contribution in [2.75, 3.05) is 12.4 Å². The minimum absolute atomic E-state index is 0.0226. The number of aryl methyl sites for hydroxylation is 1. The molecule has 34 heavy (non-hydrogen) atoms. The Balaban J connectivity index is 1.49. The summed E-state index contributed by atoms with van der Waals surface area (Å²) in [5.74, 6) is 1.88. The Labute approximate surface area is 198 Å². The molecule has 0 radical (unpaired) electrons. The molecule has 0 fully saturated rings. The zero-order valence-corrected chi connectivity index (χ0v) is 19.7. The van der Waals surface area contributed by atoms with Gasteiger partial charge in [-0.15, -0.1) is 10.2 Å². The number of carbonyl (C=O) groups is 1. The molecule has 7 nitrogen and oxygen atoms in total. The lowest BCUT2D eigenvalue weighted by molar-refractivity contribution is -0.111. The summed E-state index contributed by atoms with van der Waals surface area (Å²) in [6.45, 7) is 4.65. The number of carbonyl (C=O) groups excluding carboxylic acids is 1. The van der Waals surface area contributed by atoms with E-state index in [1.165, 1.54) is 18.2 Å². The van der Waals surface area contributed by atoms with Gasteiger partial charge in [0.1, 0.15) is 11.6 Å². The molecular weight excluding hydrogens is 435 g/mol. The first-order chi connectivity index (χ1) is 16.4. The number of hydrogen-bond acceptors (Lipinski definition) is 5. The van der Waals surface area contributed by atoms with E-state index in [1.54, 1.807) is 25.3 Å². The van der Waals surface area contributed by atoms with Crippen LogP contribution in [0.3, 0.4) is 0 Å². The van der Waals surface area contributed by atoms with Crippen LogP contribution < -0.4 is 14.8 Å². The Morgan fingerprint density at radius 1 is 1.12 bits per heavy atom. The highest BCUT2D eigenvalue weighted by molar-refractivity contribution is 6.02. The second-order valence-electron chi connectivity index (χ2n) is 8.50. The maximum atomic E-state index is 14.7. The average Bonchev–Trinajstić information content (AvgIpc) is 3.06. The molecule has 1 aromatic heterocycles. The minimum atomic E-state index is -0.399. The van der Waals surface area contributed by atoms with E-state index in [9.17, 15) is 9.18 Å². The van der Waals surface area contributed by atoms with Crippen LogP contribution in [0.4, 0.5) is 10.1 Å². The Hall–Kier alpha value is -3.68. The molecule has 1 amide bonds. The van der Waals surface area contributed by atoms with Gasteiger partial charge in [0.05, 0.1) is 18.8 Å². The molecule has 0 atom stereocenters. The number of rotatable bonds is 7. The second-order valence-corrected chi connectivity index (χ2v) is 8.50. The van der Waals surface area contributed by atoms with Crippen molar-refractivity contribution in [1.29, 1.82) is 0 Å². The average molecular weight is 465 g/mol. The summed E-state index contributed by atoms with van der Waals surface area (Å²) in [6, 6.07) is 9.93. The molecule has 0 saturated carbocycles. The molecule has 0 saturated heterocycles. The van der Waals surface area contributed by atoms with Crippen LogP contribution in [0.15, 0.2) is 42.5 Å². The lowest BCUT2D eigenvalue weighted by atomic mass is 10.1. The number of ether oxygens (including phenoxy) is 2. The van der Waals surface area contributed by atoms with Crippen LogP contribution in [0, 0.1) is 5.82 Å². The van der Waals surface area contributed by atoms with Gasteiger partial charge in [0.25, 0.3) is 0 Å². The first kappa shape index (κ1) is 23.5. The summed E-state index contributed by atoms with van der Waals surface area (Å²) < 4.78 is 27.8. The van der Waals surface area contributed by atoms with Gasteiger partial charge in [0.15, 0.2) is 17.3 Å². The van der Waals surface area contributed by atoms with Crippen molar-refractivity contribution in [3.63, 3.8) is 0 Å². The third-order valence-corrected chi connectivity index (χ3v) is 5.56.